The average molecular weight is 338 g/mol. The van der Waals surface area contributed by atoms with Crippen molar-refractivity contribution >= 4 is 29.3 Å². The molecule has 0 aliphatic rings. The maximum Gasteiger partial charge on any atom is 0.248 e. The molecule has 2 N–H and O–H groups in total. The van der Waals surface area contributed by atoms with Crippen molar-refractivity contribution in [1.82, 2.24) is 0 Å². The summed E-state index contributed by atoms with van der Waals surface area (Å²) < 4.78 is 5.26. The van der Waals surface area contributed by atoms with Gasteiger partial charge in [0.15, 0.2) is 0 Å². The fraction of sp³-hybridized carbons (Fsp3) is 0.200. The van der Waals surface area contributed by atoms with Crippen LogP contribution >= 0.6 is 0 Å². The fourth-order valence-electron chi connectivity index (χ4n) is 2.29. The second kappa shape index (κ2) is 8.68. The first-order valence-electron chi connectivity index (χ1n) is 8.06. The van der Waals surface area contributed by atoms with Crippen molar-refractivity contribution < 1.29 is 14.3 Å². The Kier molecular flexibility index (Phi) is 6.34. The number of rotatable bonds is 6. The Labute approximate surface area is 147 Å². The van der Waals surface area contributed by atoms with Gasteiger partial charge in [0.1, 0.15) is 5.75 Å². The Morgan fingerprint density at radius 2 is 1.72 bits per heavy atom. The van der Waals surface area contributed by atoms with Gasteiger partial charge in [0.05, 0.1) is 7.11 Å². The molecule has 0 unspecified atom stereocenters. The lowest BCUT2D eigenvalue weighted by Gasteiger charge is -2.12. The number of hydrogen-bond acceptors (Lipinski definition) is 3. The summed E-state index contributed by atoms with van der Waals surface area (Å²) in [6.45, 7) is 3.64. The van der Waals surface area contributed by atoms with Gasteiger partial charge in [-0.2, -0.15) is 0 Å². The van der Waals surface area contributed by atoms with Crippen LogP contribution in [0, 0.1) is 6.92 Å². The highest BCUT2D eigenvalue weighted by Gasteiger charge is 2.08. The topological polar surface area (TPSA) is 67.4 Å². The van der Waals surface area contributed by atoms with E-state index in [2.05, 4.69) is 10.6 Å². The molecule has 0 aliphatic carbocycles. The van der Waals surface area contributed by atoms with Gasteiger partial charge in [-0.1, -0.05) is 31.2 Å². The highest BCUT2D eigenvalue weighted by atomic mass is 16.5. The van der Waals surface area contributed by atoms with Gasteiger partial charge in [0.25, 0.3) is 0 Å². The van der Waals surface area contributed by atoms with E-state index in [1.165, 1.54) is 6.08 Å². The number of methoxy groups -OCH3 is 1. The quantitative estimate of drug-likeness (QED) is 0.782. The molecular weight excluding hydrogens is 316 g/mol. The lowest BCUT2D eigenvalue weighted by Crippen LogP contribution is -2.13. The normalized spacial score (nSPS) is 10.5. The van der Waals surface area contributed by atoms with E-state index in [1.807, 2.05) is 37.3 Å². The molecule has 0 saturated carbocycles. The zero-order chi connectivity index (χ0) is 18.2. The summed E-state index contributed by atoms with van der Waals surface area (Å²) >= 11 is 0. The van der Waals surface area contributed by atoms with Crippen LogP contribution in [0.2, 0.25) is 0 Å². The minimum atomic E-state index is -0.257. The van der Waals surface area contributed by atoms with Crippen LogP contribution in [0.15, 0.2) is 48.5 Å². The molecule has 0 heterocycles. The second-order valence-electron chi connectivity index (χ2n) is 5.44. The largest absolute Gasteiger partial charge is 0.496 e. The summed E-state index contributed by atoms with van der Waals surface area (Å²) in [6.07, 6.45) is 3.55. The molecule has 0 aliphatic heterocycles. The maximum atomic E-state index is 12.2. The molecule has 0 saturated heterocycles. The summed E-state index contributed by atoms with van der Waals surface area (Å²) in [5.74, 6) is 0.377. The van der Waals surface area contributed by atoms with E-state index in [4.69, 9.17) is 4.74 Å². The molecule has 2 rings (SSSR count). The minimum absolute atomic E-state index is 0.0670. The number of carbonyl (C=O) groups is 2. The Morgan fingerprint density at radius 3 is 2.40 bits per heavy atom. The van der Waals surface area contributed by atoms with Crippen LogP contribution in [-0.2, 0) is 9.59 Å². The smallest absolute Gasteiger partial charge is 0.248 e. The van der Waals surface area contributed by atoms with Crippen molar-refractivity contribution in [2.75, 3.05) is 17.7 Å². The zero-order valence-corrected chi connectivity index (χ0v) is 14.6. The van der Waals surface area contributed by atoms with E-state index in [0.29, 0.717) is 23.5 Å². The molecule has 0 bridgehead atoms. The van der Waals surface area contributed by atoms with Crippen LogP contribution in [0.5, 0.6) is 5.75 Å². The van der Waals surface area contributed by atoms with Crippen LogP contribution in [0.25, 0.3) is 6.08 Å². The second-order valence-corrected chi connectivity index (χ2v) is 5.44. The first-order chi connectivity index (χ1) is 12.0. The average Bonchev–Trinajstić information content (AvgIpc) is 2.63. The van der Waals surface area contributed by atoms with Crippen LogP contribution < -0.4 is 15.4 Å². The first kappa shape index (κ1) is 18.3. The number of carbonyl (C=O) groups excluding carboxylic acids is 2. The predicted molar refractivity (Wildman–Crippen MR) is 101 cm³/mol. The number of benzene rings is 2. The molecule has 2 aromatic carbocycles. The van der Waals surface area contributed by atoms with Crippen LogP contribution in [-0.4, -0.2) is 18.9 Å². The fourth-order valence-corrected chi connectivity index (χ4v) is 2.29. The molecular formula is C20H22N2O3. The number of para-hydroxylation sites is 1. The van der Waals surface area contributed by atoms with Crippen LogP contribution in [0.4, 0.5) is 11.4 Å². The standard InChI is InChI=1S/C20H22N2O3/c1-4-19(23)21-16-9-7-10-17(14(16)2)22-20(24)13-12-15-8-5-6-11-18(15)25-3/h5-13H,4H2,1-3H3,(H,21,23)(H,22,24)/b13-12+. The van der Waals surface area contributed by atoms with Crippen molar-refractivity contribution in [2.24, 2.45) is 0 Å². The highest BCUT2D eigenvalue weighted by Crippen LogP contribution is 2.24. The van der Waals surface area contributed by atoms with Gasteiger partial charge in [-0.05, 0) is 36.8 Å². The molecule has 25 heavy (non-hydrogen) atoms. The molecule has 5 nitrogen and oxygen atoms in total. The van der Waals surface area contributed by atoms with Gasteiger partial charge in [0, 0.05) is 29.4 Å². The first-order valence-corrected chi connectivity index (χ1v) is 8.06. The lowest BCUT2D eigenvalue weighted by atomic mass is 10.1. The molecule has 0 atom stereocenters. The van der Waals surface area contributed by atoms with Gasteiger partial charge in [-0.25, -0.2) is 0 Å². The van der Waals surface area contributed by atoms with E-state index in [-0.39, 0.29) is 11.8 Å². The van der Waals surface area contributed by atoms with Gasteiger partial charge < -0.3 is 15.4 Å². The number of anilines is 2. The molecule has 0 aromatic heterocycles. The summed E-state index contributed by atoms with van der Waals surface area (Å²) in [7, 11) is 1.59. The van der Waals surface area contributed by atoms with E-state index in [0.717, 1.165) is 11.1 Å². The predicted octanol–water partition coefficient (Wildman–Crippen LogP) is 4.00. The highest BCUT2D eigenvalue weighted by molar-refractivity contribution is 6.03. The lowest BCUT2D eigenvalue weighted by molar-refractivity contribution is -0.116. The molecule has 0 spiro atoms. The van der Waals surface area contributed by atoms with Crippen molar-refractivity contribution in [3.63, 3.8) is 0 Å². The SMILES string of the molecule is CCC(=O)Nc1cccc(NC(=O)/C=C/c2ccccc2OC)c1C. The maximum absolute atomic E-state index is 12.2. The summed E-state index contributed by atoms with van der Waals surface area (Å²) in [5, 5.41) is 5.65. The molecule has 130 valence electrons. The third-order valence-corrected chi connectivity index (χ3v) is 3.74. The van der Waals surface area contributed by atoms with Gasteiger partial charge in [-0.15, -0.1) is 0 Å². The van der Waals surface area contributed by atoms with Crippen molar-refractivity contribution in [1.29, 1.82) is 0 Å². The number of hydrogen-bond donors (Lipinski definition) is 2. The summed E-state index contributed by atoms with van der Waals surface area (Å²) in [5.41, 5.74) is 2.98. The van der Waals surface area contributed by atoms with Gasteiger partial charge in [0.2, 0.25) is 11.8 Å². The van der Waals surface area contributed by atoms with Crippen LogP contribution in [0.1, 0.15) is 24.5 Å². The van der Waals surface area contributed by atoms with E-state index >= 15 is 0 Å². The molecule has 0 fully saturated rings. The third kappa shape index (κ3) is 4.94. The summed E-state index contributed by atoms with van der Waals surface area (Å²) in [4.78, 5) is 23.8. The van der Waals surface area contributed by atoms with Crippen molar-refractivity contribution in [3.05, 3.63) is 59.7 Å². The number of ether oxygens (including phenoxy) is 1. The number of nitrogens with one attached hydrogen (secondary N) is 2. The van der Waals surface area contributed by atoms with Crippen molar-refractivity contribution in [3.8, 4) is 5.75 Å². The summed E-state index contributed by atoms with van der Waals surface area (Å²) in [6, 6.07) is 12.9. The Bertz CT molecular complexity index is 797. The van der Waals surface area contributed by atoms with E-state index in [1.54, 1.807) is 32.2 Å². The minimum Gasteiger partial charge on any atom is -0.496 e. The zero-order valence-electron chi connectivity index (χ0n) is 14.6. The number of amides is 2. The Balaban J connectivity index is 2.11. The molecule has 5 heteroatoms. The third-order valence-electron chi connectivity index (χ3n) is 3.74. The van der Waals surface area contributed by atoms with E-state index in [9.17, 15) is 9.59 Å². The van der Waals surface area contributed by atoms with E-state index < -0.39 is 0 Å². The molecule has 2 aromatic rings. The van der Waals surface area contributed by atoms with Gasteiger partial charge >= 0.3 is 0 Å². The van der Waals surface area contributed by atoms with Crippen LogP contribution in [0.3, 0.4) is 0 Å². The molecule has 0 radical (unpaired) electrons. The molecule has 2 amide bonds. The van der Waals surface area contributed by atoms with Crippen molar-refractivity contribution in [2.45, 2.75) is 20.3 Å². The Morgan fingerprint density at radius 1 is 1.04 bits per heavy atom. The van der Waals surface area contributed by atoms with Gasteiger partial charge in [-0.3, -0.25) is 9.59 Å². The Hall–Kier alpha value is -3.08. The monoisotopic (exact) mass is 338 g/mol.